The summed E-state index contributed by atoms with van der Waals surface area (Å²) in [6.07, 6.45) is 6.54. The fourth-order valence-corrected chi connectivity index (χ4v) is 1.52. The van der Waals surface area contributed by atoms with Crippen LogP contribution < -0.4 is 11.1 Å². The van der Waals surface area contributed by atoms with Gasteiger partial charge in [0, 0.05) is 25.0 Å². The van der Waals surface area contributed by atoms with E-state index in [4.69, 9.17) is 5.73 Å². The molecule has 0 aliphatic heterocycles. The highest BCUT2D eigenvalue weighted by Crippen LogP contribution is 2.14. The summed E-state index contributed by atoms with van der Waals surface area (Å²) in [7, 11) is 0. The number of hydrogen-bond acceptors (Lipinski definition) is 3. The van der Waals surface area contributed by atoms with Crippen molar-refractivity contribution in [1.82, 2.24) is 10.3 Å². The molecule has 0 aromatic carbocycles. The van der Waals surface area contributed by atoms with Crippen molar-refractivity contribution in [2.45, 2.75) is 19.4 Å². The summed E-state index contributed by atoms with van der Waals surface area (Å²) < 4.78 is 0. The predicted molar refractivity (Wildman–Crippen MR) is 63.6 cm³/mol. The Balaban J connectivity index is 2.65. The van der Waals surface area contributed by atoms with Gasteiger partial charge in [0.15, 0.2) is 0 Å². The molecule has 1 atom stereocenters. The first-order chi connectivity index (χ1) is 7.29. The Hall–Kier alpha value is -1.19. The van der Waals surface area contributed by atoms with Crippen molar-refractivity contribution < 1.29 is 0 Å². The zero-order chi connectivity index (χ0) is 11.1. The fourth-order valence-electron chi connectivity index (χ4n) is 1.52. The van der Waals surface area contributed by atoms with Gasteiger partial charge in [0.2, 0.25) is 0 Å². The summed E-state index contributed by atoms with van der Waals surface area (Å²) in [5.74, 6) is 0. The van der Waals surface area contributed by atoms with Crippen molar-refractivity contribution >= 4 is 0 Å². The van der Waals surface area contributed by atoms with E-state index in [2.05, 4.69) is 23.8 Å². The van der Waals surface area contributed by atoms with Crippen LogP contribution in [0.5, 0.6) is 0 Å². The minimum absolute atomic E-state index is 0.193. The standard InChI is InChI=1S/C12H19N3/c1-3-4-6-15-12(8-13)11-9-14-7-5-10(11)2/h3,5,7,9,12,15H,1,4,6,8,13H2,2H3. The first-order valence-electron chi connectivity index (χ1n) is 5.24. The third-order valence-corrected chi connectivity index (χ3v) is 2.43. The molecule has 0 amide bonds. The second kappa shape index (κ2) is 6.32. The van der Waals surface area contributed by atoms with Crippen LogP contribution in [0, 0.1) is 6.92 Å². The van der Waals surface area contributed by atoms with Crippen molar-refractivity contribution in [3.05, 3.63) is 42.2 Å². The molecule has 0 aliphatic carbocycles. The summed E-state index contributed by atoms with van der Waals surface area (Å²) in [5, 5.41) is 3.39. The van der Waals surface area contributed by atoms with Crippen molar-refractivity contribution in [3.8, 4) is 0 Å². The Morgan fingerprint density at radius 2 is 2.47 bits per heavy atom. The lowest BCUT2D eigenvalue weighted by Gasteiger charge is -2.18. The van der Waals surface area contributed by atoms with E-state index in [9.17, 15) is 0 Å². The van der Waals surface area contributed by atoms with Gasteiger partial charge in [-0.3, -0.25) is 4.98 Å². The van der Waals surface area contributed by atoms with Crippen molar-refractivity contribution in [2.24, 2.45) is 5.73 Å². The molecular weight excluding hydrogens is 186 g/mol. The van der Waals surface area contributed by atoms with Gasteiger partial charge in [0.05, 0.1) is 0 Å². The molecule has 3 nitrogen and oxygen atoms in total. The lowest BCUT2D eigenvalue weighted by atomic mass is 10.0. The molecule has 1 aromatic rings. The average molecular weight is 205 g/mol. The number of aryl methyl sites for hydroxylation is 1. The van der Waals surface area contributed by atoms with Crippen molar-refractivity contribution in [2.75, 3.05) is 13.1 Å². The molecule has 0 radical (unpaired) electrons. The molecule has 1 unspecified atom stereocenters. The Morgan fingerprint density at radius 1 is 1.67 bits per heavy atom. The number of nitrogens with one attached hydrogen (secondary N) is 1. The van der Waals surface area contributed by atoms with Gasteiger partial charge in [0.25, 0.3) is 0 Å². The molecule has 0 spiro atoms. The van der Waals surface area contributed by atoms with Gasteiger partial charge in [-0.1, -0.05) is 6.08 Å². The highest BCUT2D eigenvalue weighted by atomic mass is 14.9. The number of hydrogen-bond donors (Lipinski definition) is 2. The van der Waals surface area contributed by atoms with Crippen LogP contribution in [-0.2, 0) is 0 Å². The summed E-state index contributed by atoms with van der Waals surface area (Å²) in [5.41, 5.74) is 8.15. The molecule has 0 fully saturated rings. The highest BCUT2D eigenvalue weighted by Gasteiger charge is 2.10. The lowest BCUT2D eigenvalue weighted by molar-refractivity contribution is 0.544. The molecular formula is C12H19N3. The van der Waals surface area contributed by atoms with Gasteiger partial charge >= 0.3 is 0 Å². The van der Waals surface area contributed by atoms with Crippen LogP contribution in [0.3, 0.4) is 0 Å². The van der Waals surface area contributed by atoms with E-state index in [-0.39, 0.29) is 6.04 Å². The van der Waals surface area contributed by atoms with E-state index in [0.717, 1.165) is 13.0 Å². The molecule has 1 rings (SSSR count). The fraction of sp³-hybridized carbons (Fsp3) is 0.417. The SMILES string of the molecule is C=CCCNC(CN)c1cnccc1C. The molecule has 3 heteroatoms. The number of nitrogens with zero attached hydrogens (tertiary/aromatic N) is 1. The van der Waals surface area contributed by atoms with E-state index in [0.29, 0.717) is 6.54 Å². The number of nitrogens with two attached hydrogens (primary N) is 1. The summed E-state index contributed by atoms with van der Waals surface area (Å²) in [6, 6.07) is 2.20. The van der Waals surface area contributed by atoms with Crippen LogP contribution in [0.4, 0.5) is 0 Å². The van der Waals surface area contributed by atoms with Crippen LogP contribution in [0.25, 0.3) is 0 Å². The van der Waals surface area contributed by atoms with Gasteiger partial charge in [-0.15, -0.1) is 6.58 Å². The quantitative estimate of drug-likeness (QED) is 0.547. The van der Waals surface area contributed by atoms with E-state index in [1.807, 2.05) is 18.3 Å². The van der Waals surface area contributed by atoms with E-state index in [1.165, 1.54) is 11.1 Å². The Labute approximate surface area is 91.4 Å². The van der Waals surface area contributed by atoms with Gasteiger partial charge in [-0.2, -0.15) is 0 Å². The Bertz CT molecular complexity index is 309. The van der Waals surface area contributed by atoms with Gasteiger partial charge in [0.1, 0.15) is 0 Å². The average Bonchev–Trinajstić information content (AvgIpc) is 2.26. The maximum Gasteiger partial charge on any atom is 0.0462 e. The Kier molecular flexibility index (Phi) is 5.01. The van der Waals surface area contributed by atoms with E-state index in [1.54, 1.807) is 6.20 Å². The molecule has 1 aromatic heterocycles. The Morgan fingerprint density at radius 3 is 3.07 bits per heavy atom. The topological polar surface area (TPSA) is 50.9 Å². The van der Waals surface area contributed by atoms with Crippen LogP contribution in [0.2, 0.25) is 0 Å². The lowest BCUT2D eigenvalue weighted by Crippen LogP contribution is -2.29. The zero-order valence-electron chi connectivity index (χ0n) is 9.24. The molecule has 82 valence electrons. The van der Waals surface area contributed by atoms with Crippen LogP contribution in [0.1, 0.15) is 23.6 Å². The van der Waals surface area contributed by atoms with Gasteiger partial charge in [-0.05, 0) is 37.1 Å². The highest BCUT2D eigenvalue weighted by molar-refractivity contribution is 5.25. The summed E-state index contributed by atoms with van der Waals surface area (Å²) in [6.45, 7) is 7.26. The third-order valence-electron chi connectivity index (χ3n) is 2.43. The van der Waals surface area contributed by atoms with E-state index >= 15 is 0 Å². The molecule has 15 heavy (non-hydrogen) atoms. The number of pyridine rings is 1. The number of rotatable bonds is 6. The molecule has 0 aliphatic rings. The first-order valence-corrected chi connectivity index (χ1v) is 5.24. The third kappa shape index (κ3) is 3.46. The van der Waals surface area contributed by atoms with Crippen LogP contribution in [0.15, 0.2) is 31.1 Å². The minimum Gasteiger partial charge on any atom is -0.329 e. The summed E-state index contributed by atoms with van der Waals surface area (Å²) in [4.78, 5) is 4.13. The smallest absolute Gasteiger partial charge is 0.0462 e. The van der Waals surface area contributed by atoms with E-state index < -0.39 is 0 Å². The second-order valence-electron chi connectivity index (χ2n) is 3.55. The van der Waals surface area contributed by atoms with Gasteiger partial charge < -0.3 is 11.1 Å². The molecule has 0 bridgehead atoms. The molecule has 1 heterocycles. The first kappa shape index (κ1) is 11.9. The zero-order valence-corrected chi connectivity index (χ0v) is 9.24. The predicted octanol–water partition coefficient (Wildman–Crippen LogP) is 1.56. The van der Waals surface area contributed by atoms with Crippen LogP contribution >= 0.6 is 0 Å². The molecule has 3 N–H and O–H groups in total. The second-order valence-corrected chi connectivity index (χ2v) is 3.55. The monoisotopic (exact) mass is 205 g/mol. The van der Waals surface area contributed by atoms with Crippen LogP contribution in [-0.4, -0.2) is 18.1 Å². The summed E-state index contributed by atoms with van der Waals surface area (Å²) >= 11 is 0. The number of aromatic nitrogens is 1. The van der Waals surface area contributed by atoms with Crippen molar-refractivity contribution in [3.63, 3.8) is 0 Å². The molecule has 0 saturated carbocycles. The largest absolute Gasteiger partial charge is 0.329 e. The van der Waals surface area contributed by atoms with Gasteiger partial charge in [-0.25, -0.2) is 0 Å². The van der Waals surface area contributed by atoms with Crippen molar-refractivity contribution in [1.29, 1.82) is 0 Å². The maximum absolute atomic E-state index is 5.74. The maximum atomic E-state index is 5.74. The molecule has 0 saturated heterocycles. The minimum atomic E-state index is 0.193. The normalized spacial score (nSPS) is 12.4.